The molecule has 0 aromatic heterocycles. The highest BCUT2D eigenvalue weighted by Gasteiger charge is 2.24. The summed E-state index contributed by atoms with van der Waals surface area (Å²) in [5, 5.41) is 12.9. The minimum absolute atomic E-state index is 0.271. The van der Waals surface area contributed by atoms with Gasteiger partial charge in [0.1, 0.15) is 0 Å². The molecule has 0 radical (unpaired) electrons. The Morgan fingerprint density at radius 2 is 2.31 bits per heavy atom. The van der Waals surface area contributed by atoms with Gasteiger partial charge in [0.05, 0.1) is 0 Å². The third-order valence-corrected chi connectivity index (χ3v) is 2.97. The summed E-state index contributed by atoms with van der Waals surface area (Å²) in [6.07, 6.45) is 1.11. The molecular formula is C9H18N2OS. The van der Waals surface area contributed by atoms with Gasteiger partial charge in [0.25, 0.3) is 0 Å². The predicted octanol–water partition coefficient (Wildman–Crippen LogP) is 0.441. The Kier molecular flexibility index (Phi) is 3.93. The third kappa shape index (κ3) is 2.81. The lowest BCUT2D eigenvalue weighted by atomic mass is 9.91. The molecule has 0 saturated carbocycles. The van der Waals surface area contributed by atoms with Gasteiger partial charge in [-0.1, -0.05) is 6.92 Å². The van der Waals surface area contributed by atoms with E-state index in [1.807, 2.05) is 7.05 Å². The van der Waals surface area contributed by atoms with Crippen molar-refractivity contribution in [2.75, 3.05) is 26.7 Å². The predicted molar refractivity (Wildman–Crippen MR) is 57.6 cm³/mol. The summed E-state index contributed by atoms with van der Waals surface area (Å²) < 4.78 is 0. The van der Waals surface area contributed by atoms with Crippen LogP contribution in [0.2, 0.25) is 0 Å². The van der Waals surface area contributed by atoms with Gasteiger partial charge >= 0.3 is 0 Å². The van der Waals surface area contributed by atoms with Crippen LogP contribution in [0.5, 0.6) is 0 Å². The van der Waals surface area contributed by atoms with E-state index in [0.717, 1.165) is 24.6 Å². The Morgan fingerprint density at radius 3 is 2.85 bits per heavy atom. The minimum Gasteiger partial charge on any atom is -0.396 e. The van der Waals surface area contributed by atoms with Crippen LogP contribution in [0, 0.1) is 11.8 Å². The van der Waals surface area contributed by atoms with Crippen molar-refractivity contribution < 1.29 is 5.11 Å². The lowest BCUT2D eigenvalue weighted by molar-refractivity contribution is 0.131. The quantitative estimate of drug-likeness (QED) is 0.605. The van der Waals surface area contributed by atoms with Crippen molar-refractivity contribution in [1.29, 1.82) is 0 Å². The second kappa shape index (κ2) is 4.77. The molecule has 3 nitrogen and oxygen atoms in total. The van der Waals surface area contributed by atoms with Gasteiger partial charge in [0.2, 0.25) is 0 Å². The lowest BCUT2D eigenvalue weighted by Crippen LogP contribution is -2.47. The number of hydrogen-bond donors (Lipinski definition) is 2. The highest BCUT2D eigenvalue weighted by atomic mass is 32.1. The molecule has 0 amide bonds. The zero-order chi connectivity index (χ0) is 9.84. The fraction of sp³-hybridized carbons (Fsp3) is 0.889. The van der Waals surface area contributed by atoms with E-state index >= 15 is 0 Å². The number of rotatable bonds is 1. The van der Waals surface area contributed by atoms with Gasteiger partial charge in [-0.15, -0.1) is 0 Å². The van der Waals surface area contributed by atoms with Gasteiger partial charge in [-0.3, -0.25) is 0 Å². The van der Waals surface area contributed by atoms with Crippen LogP contribution in [0.3, 0.4) is 0 Å². The van der Waals surface area contributed by atoms with E-state index in [1.165, 1.54) is 0 Å². The van der Waals surface area contributed by atoms with Gasteiger partial charge in [-0.05, 0) is 30.5 Å². The molecule has 0 aromatic rings. The number of aliphatic hydroxyl groups is 1. The maximum absolute atomic E-state index is 9.09. The average molecular weight is 202 g/mol. The van der Waals surface area contributed by atoms with Crippen molar-refractivity contribution in [1.82, 2.24) is 10.2 Å². The Morgan fingerprint density at radius 1 is 1.62 bits per heavy atom. The number of aliphatic hydroxyl groups excluding tert-OH is 1. The van der Waals surface area contributed by atoms with Crippen molar-refractivity contribution in [3.8, 4) is 0 Å². The van der Waals surface area contributed by atoms with Crippen LogP contribution in [0.25, 0.3) is 0 Å². The highest BCUT2D eigenvalue weighted by molar-refractivity contribution is 7.80. The van der Waals surface area contributed by atoms with Crippen LogP contribution in [0.4, 0.5) is 0 Å². The summed E-state index contributed by atoms with van der Waals surface area (Å²) in [5.41, 5.74) is 0. The third-order valence-electron chi connectivity index (χ3n) is 2.51. The van der Waals surface area contributed by atoms with Crippen LogP contribution in [-0.2, 0) is 0 Å². The Hall–Kier alpha value is -0.350. The van der Waals surface area contributed by atoms with E-state index in [9.17, 15) is 0 Å². The zero-order valence-electron chi connectivity index (χ0n) is 8.29. The SMILES string of the molecule is CNC(=S)N1CC(C)CC(CO)C1. The average Bonchev–Trinajstić information content (AvgIpc) is 2.15. The zero-order valence-corrected chi connectivity index (χ0v) is 9.10. The van der Waals surface area contributed by atoms with E-state index in [0.29, 0.717) is 11.8 Å². The standard InChI is InChI=1S/C9H18N2OS/c1-7-3-8(6-12)5-11(4-7)9(13)10-2/h7-8,12H,3-6H2,1-2H3,(H,10,13). The molecule has 1 fully saturated rings. The van der Waals surface area contributed by atoms with Gasteiger partial charge in [0, 0.05) is 26.7 Å². The molecule has 13 heavy (non-hydrogen) atoms. The number of likely N-dealkylation sites (tertiary alicyclic amines) is 1. The van der Waals surface area contributed by atoms with E-state index in [2.05, 4.69) is 17.1 Å². The first-order valence-electron chi connectivity index (χ1n) is 4.75. The topological polar surface area (TPSA) is 35.5 Å². The largest absolute Gasteiger partial charge is 0.396 e. The van der Waals surface area contributed by atoms with E-state index in [4.69, 9.17) is 17.3 Å². The lowest BCUT2D eigenvalue weighted by Gasteiger charge is -2.37. The number of nitrogens with zero attached hydrogens (tertiary/aromatic N) is 1. The summed E-state index contributed by atoms with van der Waals surface area (Å²) in [6.45, 7) is 4.37. The second-order valence-corrected chi connectivity index (χ2v) is 4.24. The van der Waals surface area contributed by atoms with Gasteiger partial charge in [0.15, 0.2) is 5.11 Å². The smallest absolute Gasteiger partial charge is 0.168 e. The normalized spacial score (nSPS) is 28.7. The fourth-order valence-corrected chi connectivity index (χ4v) is 2.09. The molecule has 0 spiro atoms. The number of hydrogen-bond acceptors (Lipinski definition) is 2. The van der Waals surface area contributed by atoms with Crippen molar-refractivity contribution in [2.24, 2.45) is 11.8 Å². The molecular weight excluding hydrogens is 184 g/mol. The first kappa shape index (κ1) is 10.7. The molecule has 1 aliphatic rings. The Bertz CT molecular complexity index is 186. The van der Waals surface area contributed by atoms with E-state index < -0.39 is 0 Å². The molecule has 4 heteroatoms. The summed E-state index contributed by atoms with van der Waals surface area (Å²) in [4.78, 5) is 2.14. The molecule has 1 rings (SSSR count). The molecule has 0 aromatic carbocycles. The van der Waals surface area contributed by atoms with Crippen molar-refractivity contribution in [2.45, 2.75) is 13.3 Å². The van der Waals surface area contributed by atoms with Crippen LogP contribution >= 0.6 is 12.2 Å². The Labute approximate surface area is 85.1 Å². The molecule has 2 unspecified atom stereocenters. The first-order valence-corrected chi connectivity index (χ1v) is 5.15. The second-order valence-electron chi connectivity index (χ2n) is 3.85. The highest BCUT2D eigenvalue weighted by Crippen LogP contribution is 2.20. The molecule has 1 saturated heterocycles. The van der Waals surface area contributed by atoms with Crippen LogP contribution < -0.4 is 5.32 Å². The molecule has 0 bridgehead atoms. The molecule has 1 aliphatic heterocycles. The molecule has 1 heterocycles. The number of piperidine rings is 1. The van der Waals surface area contributed by atoms with Crippen molar-refractivity contribution in [3.05, 3.63) is 0 Å². The molecule has 76 valence electrons. The summed E-state index contributed by atoms with van der Waals surface area (Å²) >= 11 is 5.16. The van der Waals surface area contributed by atoms with E-state index in [1.54, 1.807) is 0 Å². The van der Waals surface area contributed by atoms with Crippen LogP contribution in [-0.4, -0.2) is 41.9 Å². The van der Waals surface area contributed by atoms with Gasteiger partial charge in [-0.25, -0.2) is 0 Å². The van der Waals surface area contributed by atoms with Crippen molar-refractivity contribution >= 4 is 17.3 Å². The van der Waals surface area contributed by atoms with E-state index in [-0.39, 0.29) is 6.61 Å². The summed E-state index contributed by atoms with van der Waals surface area (Å²) in [5.74, 6) is 1.01. The number of nitrogens with one attached hydrogen (secondary N) is 1. The number of thiocarbonyl (C=S) groups is 1. The fourth-order valence-electron chi connectivity index (χ4n) is 1.94. The Balaban J connectivity index is 2.51. The van der Waals surface area contributed by atoms with Crippen molar-refractivity contribution in [3.63, 3.8) is 0 Å². The maximum atomic E-state index is 9.09. The van der Waals surface area contributed by atoms with Crippen LogP contribution in [0.15, 0.2) is 0 Å². The molecule has 0 aliphatic carbocycles. The van der Waals surface area contributed by atoms with Gasteiger partial charge < -0.3 is 15.3 Å². The molecule has 2 atom stereocenters. The summed E-state index contributed by atoms with van der Waals surface area (Å²) in [7, 11) is 1.84. The van der Waals surface area contributed by atoms with Crippen LogP contribution in [0.1, 0.15) is 13.3 Å². The minimum atomic E-state index is 0.271. The first-order chi connectivity index (χ1) is 6.17. The van der Waals surface area contributed by atoms with Gasteiger partial charge in [-0.2, -0.15) is 0 Å². The summed E-state index contributed by atoms with van der Waals surface area (Å²) in [6, 6.07) is 0. The monoisotopic (exact) mass is 202 g/mol. The maximum Gasteiger partial charge on any atom is 0.168 e. The molecule has 2 N–H and O–H groups in total.